The van der Waals surface area contributed by atoms with Crippen LogP contribution < -0.4 is 10.1 Å². The van der Waals surface area contributed by atoms with Crippen molar-refractivity contribution in [3.05, 3.63) is 29.3 Å². The minimum absolute atomic E-state index is 0.103. The normalized spacial score (nSPS) is 18.9. The molecule has 0 aliphatic carbocycles. The van der Waals surface area contributed by atoms with E-state index in [-0.39, 0.29) is 5.91 Å². The number of benzene rings is 1. The fourth-order valence-corrected chi connectivity index (χ4v) is 2.75. The van der Waals surface area contributed by atoms with Crippen LogP contribution in [0.15, 0.2) is 18.2 Å². The van der Waals surface area contributed by atoms with Gasteiger partial charge in [0, 0.05) is 24.7 Å². The van der Waals surface area contributed by atoms with E-state index in [4.69, 9.17) is 4.74 Å². The number of rotatable bonds is 4. The van der Waals surface area contributed by atoms with Crippen molar-refractivity contribution in [3.8, 4) is 5.75 Å². The quantitative estimate of drug-likeness (QED) is 0.917. The molecule has 2 rings (SSSR count). The standard InChI is InChI=1S/C16H24N2O2/c1-4-17-14-6-5-9-18(11-14)16(19)13-8-7-12(2)15(10-13)20-3/h7-8,10,14,17H,4-6,9,11H2,1-3H3. The van der Waals surface area contributed by atoms with Crippen molar-refractivity contribution in [1.29, 1.82) is 0 Å². The molecule has 20 heavy (non-hydrogen) atoms. The van der Waals surface area contributed by atoms with Gasteiger partial charge >= 0.3 is 0 Å². The number of ether oxygens (including phenoxy) is 1. The SMILES string of the molecule is CCNC1CCCN(C(=O)c2ccc(C)c(OC)c2)C1. The van der Waals surface area contributed by atoms with E-state index < -0.39 is 0 Å². The summed E-state index contributed by atoms with van der Waals surface area (Å²) < 4.78 is 5.30. The van der Waals surface area contributed by atoms with E-state index in [0.29, 0.717) is 11.6 Å². The van der Waals surface area contributed by atoms with E-state index >= 15 is 0 Å². The summed E-state index contributed by atoms with van der Waals surface area (Å²) >= 11 is 0. The molecule has 1 aliphatic rings. The van der Waals surface area contributed by atoms with Crippen LogP contribution in [0.25, 0.3) is 0 Å². The zero-order chi connectivity index (χ0) is 14.5. The van der Waals surface area contributed by atoms with Crippen molar-refractivity contribution in [3.63, 3.8) is 0 Å². The minimum Gasteiger partial charge on any atom is -0.496 e. The van der Waals surface area contributed by atoms with Gasteiger partial charge in [-0.05, 0) is 44.0 Å². The Balaban J connectivity index is 2.10. The predicted octanol–water partition coefficient (Wildman–Crippen LogP) is 2.22. The molecular weight excluding hydrogens is 252 g/mol. The highest BCUT2D eigenvalue weighted by molar-refractivity contribution is 5.94. The summed E-state index contributed by atoms with van der Waals surface area (Å²) in [6.07, 6.45) is 2.21. The maximum atomic E-state index is 12.6. The molecule has 1 atom stereocenters. The molecule has 0 saturated carbocycles. The zero-order valence-electron chi connectivity index (χ0n) is 12.6. The van der Waals surface area contributed by atoms with Gasteiger partial charge in [-0.15, -0.1) is 0 Å². The number of carbonyl (C=O) groups is 1. The highest BCUT2D eigenvalue weighted by Crippen LogP contribution is 2.21. The number of amides is 1. The highest BCUT2D eigenvalue weighted by atomic mass is 16.5. The number of nitrogens with zero attached hydrogens (tertiary/aromatic N) is 1. The van der Waals surface area contributed by atoms with E-state index in [1.807, 2.05) is 30.0 Å². The summed E-state index contributed by atoms with van der Waals surface area (Å²) in [6.45, 7) is 6.67. The fraction of sp³-hybridized carbons (Fsp3) is 0.562. The third-order valence-electron chi connectivity index (χ3n) is 3.86. The van der Waals surface area contributed by atoms with Gasteiger partial charge in [0.1, 0.15) is 5.75 Å². The average molecular weight is 276 g/mol. The van der Waals surface area contributed by atoms with Gasteiger partial charge in [0.2, 0.25) is 0 Å². The van der Waals surface area contributed by atoms with E-state index in [9.17, 15) is 4.79 Å². The molecule has 1 aromatic rings. The summed E-state index contributed by atoms with van der Waals surface area (Å²) in [5.41, 5.74) is 1.76. The highest BCUT2D eigenvalue weighted by Gasteiger charge is 2.24. The Morgan fingerprint density at radius 1 is 1.50 bits per heavy atom. The van der Waals surface area contributed by atoms with E-state index in [2.05, 4.69) is 12.2 Å². The van der Waals surface area contributed by atoms with Crippen LogP contribution in [0, 0.1) is 6.92 Å². The van der Waals surface area contributed by atoms with Gasteiger partial charge < -0.3 is 15.0 Å². The van der Waals surface area contributed by atoms with E-state index in [1.54, 1.807) is 7.11 Å². The summed E-state index contributed by atoms with van der Waals surface area (Å²) in [5, 5.41) is 3.43. The molecule has 0 bridgehead atoms. The van der Waals surface area contributed by atoms with Gasteiger partial charge in [-0.1, -0.05) is 13.0 Å². The first-order chi connectivity index (χ1) is 9.65. The summed E-state index contributed by atoms with van der Waals surface area (Å²) in [5.74, 6) is 0.877. The minimum atomic E-state index is 0.103. The Morgan fingerprint density at radius 3 is 3.00 bits per heavy atom. The number of likely N-dealkylation sites (N-methyl/N-ethyl adjacent to an activating group) is 1. The van der Waals surface area contributed by atoms with Crippen LogP contribution >= 0.6 is 0 Å². The van der Waals surface area contributed by atoms with Gasteiger partial charge in [-0.25, -0.2) is 0 Å². The topological polar surface area (TPSA) is 41.6 Å². The average Bonchev–Trinajstić information content (AvgIpc) is 2.48. The lowest BCUT2D eigenvalue weighted by Crippen LogP contribution is -2.47. The fourth-order valence-electron chi connectivity index (χ4n) is 2.75. The molecule has 1 saturated heterocycles. The zero-order valence-corrected chi connectivity index (χ0v) is 12.6. The van der Waals surface area contributed by atoms with Crippen molar-refractivity contribution in [1.82, 2.24) is 10.2 Å². The Morgan fingerprint density at radius 2 is 2.30 bits per heavy atom. The number of aryl methyl sites for hydroxylation is 1. The largest absolute Gasteiger partial charge is 0.496 e. The van der Waals surface area contributed by atoms with Crippen LogP contribution in [-0.2, 0) is 0 Å². The van der Waals surface area contributed by atoms with Crippen molar-refractivity contribution in [2.75, 3.05) is 26.7 Å². The van der Waals surface area contributed by atoms with Gasteiger partial charge in [0.05, 0.1) is 7.11 Å². The van der Waals surface area contributed by atoms with E-state index in [1.165, 1.54) is 0 Å². The smallest absolute Gasteiger partial charge is 0.254 e. The molecule has 1 unspecified atom stereocenters. The molecule has 4 nitrogen and oxygen atoms in total. The van der Waals surface area contributed by atoms with Gasteiger partial charge in [0.25, 0.3) is 5.91 Å². The second-order valence-electron chi connectivity index (χ2n) is 5.33. The maximum absolute atomic E-state index is 12.6. The van der Waals surface area contributed by atoms with Crippen molar-refractivity contribution in [2.45, 2.75) is 32.7 Å². The molecule has 1 amide bonds. The number of piperidine rings is 1. The first-order valence-corrected chi connectivity index (χ1v) is 7.33. The third-order valence-corrected chi connectivity index (χ3v) is 3.86. The van der Waals surface area contributed by atoms with E-state index in [0.717, 1.165) is 43.8 Å². The molecule has 1 fully saturated rings. The predicted molar refractivity (Wildman–Crippen MR) is 80.3 cm³/mol. The number of hydrogen-bond acceptors (Lipinski definition) is 3. The van der Waals surface area contributed by atoms with Gasteiger partial charge in [-0.2, -0.15) is 0 Å². The summed E-state index contributed by atoms with van der Waals surface area (Å²) in [6, 6.07) is 6.09. The van der Waals surface area contributed by atoms with Crippen LogP contribution in [0.3, 0.4) is 0 Å². The van der Waals surface area contributed by atoms with Crippen LogP contribution in [0.2, 0.25) is 0 Å². The van der Waals surface area contributed by atoms with Crippen molar-refractivity contribution < 1.29 is 9.53 Å². The Hall–Kier alpha value is -1.55. The molecule has 0 spiro atoms. The van der Waals surface area contributed by atoms with Crippen molar-refractivity contribution in [2.24, 2.45) is 0 Å². The van der Waals surface area contributed by atoms with Crippen LogP contribution in [0.1, 0.15) is 35.7 Å². The summed E-state index contributed by atoms with van der Waals surface area (Å²) in [7, 11) is 1.64. The number of nitrogens with one attached hydrogen (secondary N) is 1. The second kappa shape index (κ2) is 6.75. The Kier molecular flexibility index (Phi) is 5.01. The number of methoxy groups -OCH3 is 1. The lowest BCUT2D eigenvalue weighted by molar-refractivity contribution is 0.0695. The first kappa shape index (κ1) is 14.9. The Labute approximate surface area is 121 Å². The molecule has 4 heteroatoms. The molecular formula is C16H24N2O2. The monoisotopic (exact) mass is 276 g/mol. The van der Waals surface area contributed by atoms with Crippen molar-refractivity contribution >= 4 is 5.91 Å². The van der Waals surface area contributed by atoms with Gasteiger partial charge in [0.15, 0.2) is 0 Å². The lowest BCUT2D eigenvalue weighted by Gasteiger charge is -2.33. The summed E-state index contributed by atoms with van der Waals surface area (Å²) in [4.78, 5) is 14.5. The maximum Gasteiger partial charge on any atom is 0.254 e. The van der Waals surface area contributed by atoms with Crippen LogP contribution in [0.5, 0.6) is 5.75 Å². The molecule has 1 N–H and O–H groups in total. The first-order valence-electron chi connectivity index (χ1n) is 7.33. The lowest BCUT2D eigenvalue weighted by atomic mass is 10.0. The second-order valence-corrected chi connectivity index (χ2v) is 5.33. The number of hydrogen-bond donors (Lipinski definition) is 1. The Bertz CT molecular complexity index is 472. The van der Waals surface area contributed by atoms with Crippen LogP contribution in [-0.4, -0.2) is 43.6 Å². The number of likely N-dealkylation sites (tertiary alicyclic amines) is 1. The van der Waals surface area contributed by atoms with Gasteiger partial charge in [-0.3, -0.25) is 4.79 Å². The molecule has 1 heterocycles. The molecule has 1 aliphatic heterocycles. The molecule has 1 aromatic carbocycles. The third kappa shape index (κ3) is 3.31. The molecule has 0 aromatic heterocycles. The van der Waals surface area contributed by atoms with Crippen LogP contribution in [0.4, 0.5) is 0 Å². The number of carbonyl (C=O) groups excluding carboxylic acids is 1. The molecule has 110 valence electrons. The molecule has 0 radical (unpaired) electrons.